The van der Waals surface area contributed by atoms with Crippen molar-refractivity contribution in [1.82, 2.24) is 14.9 Å². The number of nitrogens with zero attached hydrogens (tertiary/aromatic N) is 2. The number of carbonyl (C=O) groups is 1. The number of hydrogen-bond acceptors (Lipinski definition) is 3. The number of benzene rings is 2. The molecule has 3 aromatic rings. The highest BCUT2D eigenvalue weighted by atomic mass is 35.5. The van der Waals surface area contributed by atoms with Crippen molar-refractivity contribution < 1.29 is 4.79 Å². The maximum atomic E-state index is 12.9. The minimum atomic E-state index is -0.158. The molecule has 0 bridgehead atoms. The van der Waals surface area contributed by atoms with Crippen LogP contribution < -0.4 is 10.6 Å². The van der Waals surface area contributed by atoms with Gasteiger partial charge in [-0.1, -0.05) is 35.7 Å². The first-order valence-corrected chi connectivity index (χ1v) is 10.2. The fourth-order valence-corrected chi connectivity index (χ4v) is 4.30. The molecule has 1 aliphatic rings. The van der Waals surface area contributed by atoms with Crippen molar-refractivity contribution in [2.24, 2.45) is 0 Å². The molecule has 146 valence electrons. The van der Waals surface area contributed by atoms with E-state index in [9.17, 15) is 4.79 Å². The Kier molecular flexibility index (Phi) is 5.38. The Morgan fingerprint density at radius 2 is 2.07 bits per heavy atom. The first-order valence-electron chi connectivity index (χ1n) is 9.80. The molecule has 0 saturated carbocycles. The first-order chi connectivity index (χ1) is 13.5. The van der Waals surface area contributed by atoms with Gasteiger partial charge >= 0.3 is 0 Å². The second-order valence-corrected chi connectivity index (χ2v) is 8.00. The monoisotopic (exact) mass is 396 g/mol. The van der Waals surface area contributed by atoms with Gasteiger partial charge in [-0.05, 0) is 63.1 Å². The highest BCUT2D eigenvalue weighted by Gasteiger charge is 2.24. The van der Waals surface area contributed by atoms with Crippen LogP contribution in [0.1, 0.15) is 46.8 Å². The second kappa shape index (κ2) is 7.94. The number of hydrogen-bond donors (Lipinski definition) is 2. The zero-order valence-corrected chi connectivity index (χ0v) is 17.0. The van der Waals surface area contributed by atoms with Gasteiger partial charge in [-0.25, -0.2) is 4.98 Å². The molecule has 28 heavy (non-hydrogen) atoms. The third kappa shape index (κ3) is 3.77. The number of fused-ring (bicyclic) bond motifs is 1. The zero-order chi connectivity index (χ0) is 19.7. The van der Waals surface area contributed by atoms with E-state index in [1.54, 1.807) is 0 Å². The van der Waals surface area contributed by atoms with Crippen LogP contribution in [-0.2, 0) is 0 Å². The zero-order valence-electron chi connectivity index (χ0n) is 16.3. The van der Waals surface area contributed by atoms with Gasteiger partial charge in [-0.15, -0.1) is 0 Å². The van der Waals surface area contributed by atoms with Gasteiger partial charge < -0.3 is 9.88 Å². The van der Waals surface area contributed by atoms with E-state index in [2.05, 4.69) is 15.2 Å². The topological polar surface area (TPSA) is 59.0 Å². The predicted octanol–water partition coefficient (Wildman–Crippen LogP) is 4.87. The van der Waals surface area contributed by atoms with E-state index >= 15 is 0 Å². The fraction of sp³-hybridized carbons (Fsp3) is 0.364. The van der Waals surface area contributed by atoms with Crippen LogP contribution in [-0.4, -0.2) is 28.5 Å². The van der Waals surface area contributed by atoms with Gasteiger partial charge in [0.15, 0.2) is 0 Å². The lowest BCUT2D eigenvalue weighted by atomic mass is 10.1. The average Bonchev–Trinajstić information content (AvgIpc) is 2.82. The van der Waals surface area contributed by atoms with Crippen molar-refractivity contribution >= 4 is 34.5 Å². The van der Waals surface area contributed by atoms with Crippen molar-refractivity contribution in [2.45, 2.75) is 39.2 Å². The average molecular weight is 397 g/mol. The molecule has 1 atom stereocenters. The van der Waals surface area contributed by atoms with Gasteiger partial charge in [0.2, 0.25) is 5.95 Å². The van der Waals surface area contributed by atoms with E-state index < -0.39 is 0 Å². The van der Waals surface area contributed by atoms with Gasteiger partial charge in [-0.3, -0.25) is 10.1 Å². The molecule has 1 aromatic heterocycles. The van der Waals surface area contributed by atoms with Crippen LogP contribution in [0.5, 0.6) is 0 Å². The van der Waals surface area contributed by atoms with E-state index in [1.807, 2.05) is 50.2 Å². The summed E-state index contributed by atoms with van der Waals surface area (Å²) in [6.07, 6.45) is 3.31. The molecule has 2 N–H and O–H groups in total. The Morgan fingerprint density at radius 1 is 1.21 bits per heavy atom. The number of halogens is 1. The van der Waals surface area contributed by atoms with Crippen LogP contribution in [0.2, 0.25) is 5.02 Å². The van der Waals surface area contributed by atoms with Gasteiger partial charge in [-0.2, -0.15) is 0 Å². The summed E-state index contributed by atoms with van der Waals surface area (Å²) in [5, 5.41) is 7.20. The predicted molar refractivity (Wildman–Crippen MR) is 114 cm³/mol. The molecule has 6 heteroatoms. The fourth-order valence-electron chi connectivity index (χ4n) is 3.94. The van der Waals surface area contributed by atoms with E-state index in [1.165, 1.54) is 0 Å². The third-order valence-electron chi connectivity index (χ3n) is 5.27. The summed E-state index contributed by atoms with van der Waals surface area (Å²) in [6.45, 7) is 5.83. The molecule has 1 amide bonds. The number of aromatic nitrogens is 2. The second-order valence-electron chi connectivity index (χ2n) is 7.60. The normalized spacial score (nSPS) is 17.5. The summed E-state index contributed by atoms with van der Waals surface area (Å²) in [4.78, 5) is 17.6. The van der Waals surface area contributed by atoms with Crippen LogP contribution in [0.25, 0.3) is 11.0 Å². The maximum absolute atomic E-state index is 12.9. The molecule has 0 aliphatic carbocycles. The Balaban J connectivity index is 1.79. The van der Waals surface area contributed by atoms with E-state index in [0.717, 1.165) is 54.5 Å². The van der Waals surface area contributed by atoms with Crippen molar-refractivity contribution in [3.05, 3.63) is 58.1 Å². The van der Waals surface area contributed by atoms with Crippen molar-refractivity contribution in [3.63, 3.8) is 0 Å². The Morgan fingerprint density at radius 3 is 2.89 bits per heavy atom. The number of rotatable bonds is 3. The maximum Gasteiger partial charge on any atom is 0.257 e. The van der Waals surface area contributed by atoms with Gasteiger partial charge in [0, 0.05) is 18.2 Å². The Hall–Kier alpha value is -2.37. The number of amides is 1. The van der Waals surface area contributed by atoms with Crippen molar-refractivity contribution in [1.29, 1.82) is 0 Å². The quantitative estimate of drug-likeness (QED) is 0.663. The number of anilines is 1. The summed E-state index contributed by atoms with van der Waals surface area (Å²) < 4.78 is 2.11. The summed E-state index contributed by atoms with van der Waals surface area (Å²) in [7, 11) is 0. The summed E-state index contributed by atoms with van der Waals surface area (Å²) in [5.74, 6) is 0.400. The molecule has 0 spiro atoms. The SMILES string of the molecule is Cc1cccc(C(=O)Nc2nc3cc(C)cc(Cl)c3n2C2CCCCNC2)c1. The molecule has 5 nitrogen and oxygen atoms in total. The third-order valence-corrected chi connectivity index (χ3v) is 5.56. The molecule has 0 radical (unpaired) electrons. The lowest BCUT2D eigenvalue weighted by molar-refractivity contribution is 0.102. The molecular formula is C22H25ClN4O. The summed E-state index contributed by atoms with van der Waals surface area (Å²) in [6, 6.07) is 11.7. The molecule has 1 saturated heterocycles. The molecule has 2 aromatic carbocycles. The Labute approximate surface area is 170 Å². The number of carbonyl (C=O) groups excluding carboxylic acids is 1. The molecule has 2 heterocycles. The standard InChI is InChI=1S/C22H25ClN4O/c1-14-6-5-7-16(10-14)21(28)26-22-25-19-12-15(2)11-18(23)20(19)27(22)17-8-3-4-9-24-13-17/h5-7,10-12,17,24H,3-4,8-9,13H2,1-2H3,(H,25,26,28). The minimum absolute atomic E-state index is 0.158. The van der Waals surface area contributed by atoms with Crippen LogP contribution in [0.3, 0.4) is 0 Å². The summed E-state index contributed by atoms with van der Waals surface area (Å²) in [5.41, 5.74) is 4.43. The molecule has 4 rings (SSSR count). The molecule has 1 aliphatic heterocycles. The van der Waals surface area contributed by atoms with E-state index in [-0.39, 0.29) is 11.9 Å². The summed E-state index contributed by atoms with van der Waals surface area (Å²) >= 11 is 6.62. The van der Waals surface area contributed by atoms with E-state index in [0.29, 0.717) is 16.5 Å². The van der Waals surface area contributed by atoms with Gasteiger partial charge in [0.05, 0.1) is 16.1 Å². The highest BCUT2D eigenvalue weighted by Crippen LogP contribution is 2.33. The van der Waals surface area contributed by atoms with Crippen LogP contribution in [0.4, 0.5) is 5.95 Å². The largest absolute Gasteiger partial charge is 0.315 e. The number of imidazole rings is 1. The lowest BCUT2D eigenvalue weighted by Crippen LogP contribution is -2.25. The molecular weight excluding hydrogens is 372 g/mol. The lowest BCUT2D eigenvalue weighted by Gasteiger charge is -2.21. The van der Waals surface area contributed by atoms with Crippen molar-refractivity contribution in [2.75, 3.05) is 18.4 Å². The van der Waals surface area contributed by atoms with Crippen molar-refractivity contribution in [3.8, 4) is 0 Å². The number of nitrogens with one attached hydrogen (secondary N) is 2. The number of aryl methyl sites for hydroxylation is 2. The molecule has 1 fully saturated rings. The van der Waals surface area contributed by atoms with Crippen LogP contribution in [0.15, 0.2) is 36.4 Å². The Bertz CT molecular complexity index is 1020. The smallest absolute Gasteiger partial charge is 0.257 e. The van der Waals surface area contributed by atoms with Crippen LogP contribution >= 0.6 is 11.6 Å². The van der Waals surface area contributed by atoms with Gasteiger partial charge in [0.1, 0.15) is 0 Å². The van der Waals surface area contributed by atoms with Gasteiger partial charge in [0.25, 0.3) is 5.91 Å². The van der Waals surface area contributed by atoms with E-state index in [4.69, 9.17) is 16.6 Å². The molecule has 1 unspecified atom stereocenters. The van der Waals surface area contributed by atoms with Crippen LogP contribution in [0, 0.1) is 13.8 Å². The minimum Gasteiger partial charge on any atom is -0.315 e. The highest BCUT2D eigenvalue weighted by molar-refractivity contribution is 6.35. The first kappa shape index (κ1) is 19.0.